The van der Waals surface area contributed by atoms with E-state index in [0.29, 0.717) is 16.7 Å². The summed E-state index contributed by atoms with van der Waals surface area (Å²) in [6.07, 6.45) is -1.29. The van der Waals surface area contributed by atoms with Crippen LogP contribution in [0.4, 0.5) is 18.9 Å². The monoisotopic (exact) mass is 447 g/mol. The van der Waals surface area contributed by atoms with E-state index in [4.69, 9.17) is 5.41 Å². The highest BCUT2D eigenvalue weighted by Gasteiger charge is 2.32. The van der Waals surface area contributed by atoms with Gasteiger partial charge in [0, 0.05) is 40.2 Å². The molecule has 1 atom stereocenters. The van der Waals surface area contributed by atoms with Crippen LogP contribution in [0.1, 0.15) is 16.5 Å². The van der Waals surface area contributed by atoms with Crippen LogP contribution in [-0.4, -0.2) is 27.9 Å². The second kappa shape index (κ2) is 9.43. The van der Waals surface area contributed by atoms with Crippen LogP contribution in [0.5, 0.6) is 5.75 Å². The average molecular weight is 447 g/mol. The van der Waals surface area contributed by atoms with Crippen molar-refractivity contribution in [2.45, 2.75) is 12.4 Å². The van der Waals surface area contributed by atoms with Gasteiger partial charge in [0.05, 0.1) is 6.26 Å². The third-order valence-electron chi connectivity index (χ3n) is 4.09. The van der Waals surface area contributed by atoms with Crippen LogP contribution in [0.15, 0.2) is 72.6 Å². The molecule has 0 aliphatic carbocycles. The minimum absolute atomic E-state index is 0.0318. The molecule has 10 heteroatoms. The zero-order chi connectivity index (χ0) is 22.4. The number of anilines is 1. The molecule has 1 aromatic carbocycles. The summed E-state index contributed by atoms with van der Waals surface area (Å²) < 4.78 is 41.5. The molecule has 0 bridgehead atoms. The molecule has 0 aliphatic rings. The molecule has 0 radical (unpaired) electrons. The number of ether oxygens (including phenoxy) is 1. The number of nitrogens with zero attached hydrogens (tertiary/aromatic N) is 1. The topological polar surface area (TPSA) is 95.3 Å². The van der Waals surface area contributed by atoms with Gasteiger partial charge >= 0.3 is 6.36 Å². The summed E-state index contributed by atoms with van der Waals surface area (Å²) in [5.74, 6) is -1.13. The summed E-state index contributed by atoms with van der Waals surface area (Å²) in [5, 5.41) is 22.6. The van der Waals surface area contributed by atoms with Crippen LogP contribution >= 0.6 is 11.3 Å². The maximum absolute atomic E-state index is 13.2. The standard InChI is InChI=1S/C21H16F3N3O3S/c22-21(23,24)30-15-6-1-5-14(10-15)27-19(17-7-3-9-31-17)20(29)18(25)16(12-28)13-4-2-8-26-11-13/h1-12,19,25,27-28H/b16-12-,25-18?. The van der Waals surface area contributed by atoms with Crippen LogP contribution in [0.25, 0.3) is 5.57 Å². The van der Waals surface area contributed by atoms with Crippen molar-refractivity contribution in [3.63, 3.8) is 0 Å². The lowest BCUT2D eigenvalue weighted by Crippen LogP contribution is -2.28. The fraction of sp³-hybridized carbons (Fsp3) is 0.0952. The number of carbonyl (C=O) groups is 1. The fourth-order valence-electron chi connectivity index (χ4n) is 2.75. The Hall–Kier alpha value is -3.66. The van der Waals surface area contributed by atoms with Gasteiger partial charge < -0.3 is 15.2 Å². The lowest BCUT2D eigenvalue weighted by molar-refractivity contribution is -0.274. The number of Topliss-reactive ketones (excluding diaryl/α,β-unsaturated/α-hetero) is 1. The number of allylic oxidation sites excluding steroid dienone is 1. The molecule has 0 aliphatic heterocycles. The number of pyridine rings is 1. The zero-order valence-corrected chi connectivity index (χ0v) is 16.6. The maximum Gasteiger partial charge on any atom is 0.573 e. The minimum atomic E-state index is -4.85. The molecular weight excluding hydrogens is 431 g/mol. The summed E-state index contributed by atoms with van der Waals surface area (Å²) in [6, 6.07) is 10.5. The van der Waals surface area contributed by atoms with Crippen molar-refractivity contribution in [1.29, 1.82) is 5.41 Å². The van der Waals surface area contributed by atoms with Crippen LogP contribution in [0.2, 0.25) is 0 Å². The first kappa shape index (κ1) is 22.0. The van der Waals surface area contributed by atoms with Gasteiger partial charge in [-0.05, 0) is 29.6 Å². The molecule has 0 amide bonds. The summed E-state index contributed by atoms with van der Waals surface area (Å²) >= 11 is 1.24. The number of hydrogen-bond donors (Lipinski definition) is 3. The van der Waals surface area contributed by atoms with Gasteiger partial charge in [0.15, 0.2) is 0 Å². The molecule has 160 valence electrons. The minimum Gasteiger partial charge on any atom is -0.515 e. The van der Waals surface area contributed by atoms with E-state index < -0.39 is 29.6 Å². The predicted molar refractivity (Wildman–Crippen MR) is 111 cm³/mol. The highest BCUT2D eigenvalue weighted by Crippen LogP contribution is 2.30. The van der Waals surface area contributed by atoms with Crippen molar-refractivity contribution < 1.29 is 27.8 Å². The average Bonchev–Trinajstić information content (AvgIpc) is 3.26. The predicted octanol–water partition coefficient (Wildman–Crippen LogP) is 5.38. The van der Waals surface area contributed by atoms with E-state index in [-0.39, 0.29) is 11.3 Å². The Morgan fingerprint density at radius 2 is 2.03 bits per heavy atom. The van der Waals surface area contributed by atoms with Gasteiger partial charge in [-0.3, -0.25) is 15.2 Å². The lowest BCUT2D eigenvalue weighted by atomic mass is 9.96. The Morgan fingerprint density at radius 3 is 2.65 bits per heavy atom. The Morgan fingerprint density at radius 1 is 1.23 bits per heavy atom. The third-order valence-corrected chi connectivity index (χ3v) is 5.02. The van der Waals surface area contributed by atoms with E-state index in [1.807, 2.05) is 0 Å². The first-order chi connectivity index (χ1) is 14.8. The maximum atomic E-state index is 13.2. The molecule has 2 heterocycles. The van der Waals surface area contributed by atoms with Crippen molar-refractivity contribution in [2.24, 2.45) is 0 Å². The smallest absolute Gasteiger partial charge is 0.515 e. The van der Waals surface area contributed by atoms with Gasteiger partial charge in [-0.2, -0.15) is 0 Å². The van der Waals surface area contributed by atoms with Crippen molar-refractivity contribution in [2.75, 3.05) is 5.32 Å². The summed E-state index contributed by atoms with van der Waals surface area (Å²) in [4.78, 5) is 17.6. The SMILES string of the molecule is N=C(C(=O)C(Nc1cccc(OC(F)(F)F)c1)c1cccs1)/C(=C\O)c1cccnc1. The number of hydrogen-bond acceptors (Lipinski definition) is 7. The van der Waals surface area contributed by atoms with Gasteiger partial charge in [-0.25, -0.2) is 0 Å². The molecule has 0 saturated carbocycles. The number of alkyl halides is 3. The molecule has 1 unspecified atom stereocenters. The van der Waals surface area contributed by atoms with E-state index in [1.165, 1.54) is 35.9 Å². The highest BCUT2D eigenvalue weighted by atomic mass is 32.1. The number of aromatic nitrogens is 1. The molecule has 2 aromatic heterocycles. The van der Waals surface area contributed by atoms with E-state index in [0.717, 1.165) is 12.1 Å². The van der Waals surface area contributed by atoms with E-state index >= 15 is 0 Å². The summed E-state index contributed by atoms with van der Waals surface area (Å²) in [6.45, 7) is 0. The molecule has 3 N–H and O–H groups in total. The zero-order valence-electron chi connectivity index (χ0n) is 15.8. The highest BCUT2D eigenvalue weighted by molar-refractivity contribution is 7.10. The third kappa shape index (κ3) is 5.70. The number of halogens is 3. The largest absolute Gasteiger partial charge is 0.573 e. The number of carbonyl (C=O) groups excluding carboxylic acids is 1. The molecule has 3 rings (SSSR count). The number of aliphatic hydroxyl groups excluding tert-OH is 1. The Balaban J connectivity index is 1.89. The molecule has 31 heavy (non-hydrogen) atoms. The Bertz CT molecular complexity index is 1080. The van der Waals surface area contributed by atoms with Gasteiger partial charge in [0.25, 0.3) is 0 Å². The molecule has 0 saturated heterocycles. The van der Waals surface area contributed by atoms with Crippen molar-refractivity contribution in [1.82, 2.24) is 4.98 Å². The molecular formula is C21H16F3N3O3S. The number of benzene rings is 1. The van der Waals surface area contributed by atoms with Crippen LogP contribution in [0, 0.1) is 5.41 Å². The van der Waals surface area contributed by atoms with E-state index in [1.54, 1.807) is 29.6 Å². The number of rotatable bonds is 8. The van der Waals surface area contributed by atoms with Crippen molar-refractivity contribution in [3.8, 4) is 5.75 Å². The first-order valence-electron chi connectivity index (χ1n) is 8.82. The van der Waals surface area contributed by atoms with Crippen molar-refractivity contribution in [3.05, 3.63) is 83.0 Å². The summed E-state index contributed by atoms with van der Waals surface area (Å²) in [7, 11) is 0. The first-order valence-corrected chi connectivity index (χ1v) is 9.70. The quantitative estimate of drug-likeness (QED) is 0.318. The van der Waals surface area contributed by atoms with Crippen LogP contribution in [0.3, 0.4) is 0 Å². The summed E-state index contributed by atoms with van der Waals surface area (Å²) in [5.41, 5.74) is 0.0470. The second-order valence-corrected chi connectivity index (χ2v) is 7.17. The van der Waals surface area contributed by atoms with Crippen LogP contribution < -0.4 is 10.1 Å². The Kier molecular flexibility index (Phi) is 6.71. The number of thiophene rings is 1. The van der Waals surface area contributed by atoms with Gasteiger partial charge in [0.1, 0.15) is 17.5 Å². The second-order valence-electron chi connectivity index (χ2n) is 6.19. The fourth-order valence-corrected chi connectivity index (χ4v) is 3.53. The van der Waals surface area contributed by atoms with E-state index in [9.17, 15) is 23.1 Å². The van der Waals surface area contributed by atoms with Crippen molar-refractivity contribution >= 4 is 34.1 Å². The van der Waals surface area contributed by atoms with E-state index in [2.05, 4.69) is 15.0 Å². The normalized spacial score (nSPS) is 12.8. The molecule has 3 aromatic rings. The number of aliphatic hydroxyl groups is 1. The van der Waals surface area contributed by atoms with Gasteiger partial charge in [-0.15, -0.1) is 24.5 Å². The van der Waals surface area contributed by atoms with Crippen LogP contribution in [-0.2, 0) is 4.79 Å². The Labute approximate surface area is 179 Å². The van der Waals surface area contributed by atoms with Gasteiger partial charge in [-0.1, -0.05) is 18.2 Å². The number of nitrogens with one attached hydrogen (secondary N) is 2. The molecule has 0 spiro atoms. The molecule has 6 nitrogen and oxygen atoms in total. The molecule has 0 fully saturated rings. The van der Waals surface area contributed by atoms with Gasteiger partial charge in [0.2, 0.25) is 5.78 Å². The lowest BCUT2D eigenvalue weighted by Gasteiger charge is -2.19. The number of ketones is 1.